The van der Waals surface area contributed by atoms with Crippen LogP contribution in [0, 0.1) is 0 Å². The highest BCUT2D eigenvalue weighted by atomic mass is 32.1. The Balaban J connectivity index is 2.62. The van der Waals surface area contributed by atoms with Crippen LogP contribution in [-0.4, -0.2) is 9.97 Å². The van der Waals surface area contributed by atoms with Crippen LogP contribution in [0.2, 0.25) is 0 Å². The highest BCUT2D eigenvalue weighted by molar-refractivity contribution is 7.80. The SMILES string of the molecule is FC(F)(F)c1cnc2nc(S)oc2c1. The first-order chi connectivity index (χ1) is 6.47. The molecule has 2 heterocycles. The van der Waals surface area contributed by atoms with Crippen molar-refractivity contribution in [3.63, 3.8) is 0 Å². The summed E-state index contributed by atoms with van der Waals surface area (Å²) in [5.41, 5.74) is -0.776. The maximum absolute atomic E-state index is 12.2. The van der Waals surface area contributed by atoms with Crippen molar-refractivity contribution in [2.24, 2.45) is 0 Å². The van der Waals surface area contributed by atoms with E-state index < -0.39 is 11.7 Å². The molecule has 0 fully saturated rings. The predicted molar refractivity (Wildman–Crippen MR) is 44.1 cm³/mol. The van der Waals surface area contributed by atoms with Crippen LogP contribution < -0.4 is 0 Å². The molecule has 0 aliphatic rings. The molecule has 0 bridgehead atoms. The van der Waals surface area contributed by atoms with Gasteiger partial charge in [-0.05, 0) is 6.07 Å². The molecule has 0 N–H and O–H groups in total. The van der Waals surface area contributed by atoms with Gasteiger partial charge in [-0.3, -0.25) is 0 Å². The number of alkyl halides is 3. The Hall–Kier alpha value is -1.24. The van der Waals surface area contributed by atoms with Crippen molar-refractivity contribution in [3.8, 4) is 0 Å². The van der Waals surface area contributed by atoms with E-state index >= 15 is 0 Å². The minimum Gasteiger partial charge on any atom is -0.430 e. The Morgan fingerprint density at radius 2 is 2.07 bits per heavy atom. The van der Waals surface area contributed by atoms with Gasteiger partial charge in [-0.15, -0.1) is 0 Å². The lowest BCUT2D eigenvalue weighted by Crippen LogP contribution is -2.04. The number of thiol groups is 1. The molecule has 14 heavy (non-hydrogen) atoms. The van der Waals surface area contributed by atoms with Crippen molar-refractivity contribution in [1.29, 1.82) is 0 Å². The number of hydrogen-bond acceptors (Lipinski definition) is 4. The first-order valence-electron chi connectivity index (χ1n) is 3.49. The van der Waals surface area contributed by atoms with Crippen LogP contribution in [0.5, 0.6) is 0 Å². The number of halogens is 3. The summed E-state index contributed by atoms with van der Waals surface area (Å²) in [6.07, 6.45) is -3.72. The van der Waals surface area contributed by atoms with Gasteiger partial charge in [0.05, 0.1) is 5.56 Å². The molecule has 0 amide bonds. The van der Waals surface area contributed by atoms with Gasteiger partial charge in [-0.2, -0.15) is 18.2 Å². The molecule has 0 atom stereocenters. The highest BCUT2D eigenvalue weighted by Crippen LogP contribution is 2.30. The summed E-state index contributed by atoms with van der Waals surface area (Å²) in [4.78, 5) is 7.15. The minimum absolute atomic E-state index is 0.00757. The molecule has 7 heteroatoms. The van der Waals surface area contributed by atoms with E-state index in [0.29, 0.717) is 6.20 Å². The fourth-order valence-corrected chi connectivity index (χ4v) is 1.16. The zero-order valence-electron chi connectivity index (χ0n) is 6.54. The molecule has 2 aromatic heterocycles. The molecule has 74 valence electrons. The van der Waals surface area contributed by atoms with E-state index in [1.807, 2.05) is 0 Å². The molecule has 0 saturated heterocycles. The quantitative estimate of drug-likeness (QED) is 0.693. The van der Waals surface area contributed by atoms with E-state index in [1.54, 1.807) is 0 Å². The summed E-state index contributed by atoms with van der Waals surface area (Å²) < 4.78 is 41.4. The average molecular weight is 220 g/mol. The summed E-state index contributed by atoms with van der Waals surface area (Å²) in [5, 5.41) is -0.00757. The van der Waals surface area contributed by atoms with Gasteiger partial charge < -0.3 is 4.42 Å². The maximum Gasteiger partial charge on any atom is 0.418 e. The summed E-state index contributed by atoms with van der Waals surface area (Å²) in [5.74, 6) is 0. The molecule has 0 spiro atoms. The molecular weight excluding hydrogens is 217 g/mol. The zero-order valence-corrected chi connectivity index (χ0v) is 7.43. The molecule has 2 aromatic rings. The lowest BCUT2D eigenvalue weighted by molar-refractivity contribution is -0.137. The van der Waals surface area contributed by atoms with Gasteiger partial charge in [0.25, 0.3) is 5.22 Å². The van der Waals surface area contributed by atoms with E-state index in [9.17, 15) is 13.2 Å². The molecule has 2 rings (SSSR count). The monoisotopic (exact) mass is 220 g/mol. The molecule has 0 aromatic carbocycles. The fourth-order valence-electron chi connectivity index (χ4n) is 0.963. The Labute approximate surface area is 81.4 Å². The Morgan fingerprint density at radius 1 is 1.36 bits per heavy atom. The molecule has 0 aliphatic carbocycles. The second-order valence-corrected chi connectivity index (χ2v) is 2.92. The van der Waals surface area contributed by atoms with Gasteiger partial charge >= 0.3 is 6.18 Å². The topological polar surface area (TPSA) is 38.9 Å². The molecular formula is C7H3F3N2OS. The fraction of sp³-hybridized carbons (Fsp3) is 0.143. The van der Waals surface area contributed by atoms with Gasteiger partial charge in [0.15, 0.2) is 11.2 Å². The van der Waals surface area contributed by atoms with E-state index in [4.69, 9.17) is 4.42 Å². The normalized spacial score (nSPS) is 12.3. The number of oxazole rings is 1. The first kappa shape index (κ1) is 9.32. The third-order valence-corrected chi connectivity index (χ3v) is 1.75. The number of aromatic nitrogens is 2. The lowest BCUT2D eigenvalue weighted by atomic mass is 10.3. The Bertz CT molecular complexity index is 479. The molecule has 0 aliphatic heterocycles. The second kappa shape index (κ2) is 2.88. The summed E-state index contributed by atoms with van der Waals surface area (Å²) in [6.45, 7) is 0. The van der Waals surface area contributed by atoms with Crippen LogP contribution in [0.25, 0.3) is 11.2 Å². The van der Waals surface area contributed by atoms with Crippen LogP contribution in [0.15, 0.2) is 21.9 Å². The van der Waals surface area contributed by atoms with Crippen LogP contribution in [-0.2, 0) is 6.18 Å². The number of pyridine rings is 1. The molecule has 0 unspecified atom stereocenters. The van der Waals surface area contributed by atoms with Crippen molar-refractivity contribution in [3.05, 3.63) is 17.8 Å². The van der Waals surface area contributed by atoms with Gasteiger partial charge in [-0.1, -0.05) is 12.6 Å². The zero-order chi connectivity index (χ0) is 10.3. The summed E-state index contributed by atoms with van der Waals surface area (Å²) in [7, 11) is 0. The van der Waals surface area contributed by atoms with E-state index in [2.05, 4.69) is 22.6 Å². The molecule has 0 radical (unpaired) electrons. The van der Waals surface area contributed by atoms with Crippen LogP contribution in [0.4, 0.5) is 13.2 Å². The van der Waals surface area contributed by atoms with Crippen molar-refractivity contribution < 1.29 is 17.6 Å². The smallest absolute Gasteiger partial charge is 0.418 e. The standard InChI is InChI=1S/C7H3F3N2OS/c8-7(9,10)3-1-4-5(11-2-3)12-6(14)13-4/h1-2H,(H,11,12,14). The second-order valence-electron chi connectivity index (χ2n) is 2.54. The molecule has 3 nitrogen and oxygen atoms in total. The Morgan fingerprint density at radius 3 is 2.71 bits per heavy atom. The average Bonchev–Trinajstić information content (AvgIpc) is 2.41. The number of fused-ring (bicyclic) bond motifs is 1. The van der Waals surface area contributed by atoms with E-state index in [1.165, 1.54) is 0 Å². The van der Waals surface area contributed by atoms with E-state index in [-0.39, 0.29) is 16.5 Å². The van der Waals surface area contributed by atoms with Gasteiger partial charge in [0.2, 0.25) is 0 Å². The predicted octanol–water partition coefficient (Wildman–Crippen LogP) is 2.53. The van der Waals surface area contributed by atoms with Gasteiger partial charge in [0.1, 0.15) is 0 Å². The lowest BCUT2D eigenvalue weighted by Gasteiger charge is -2.03. The van der Waals surface area contributed by atoms with Crippen LogP contribution in [0.3, 0.4) is 0 Å². The van der Waals surface area contributed by atoms with Crippen LogP contribution >= 0.6 is 12.6 Å². The number of nitrogens with zero attached hydrogens (tertiary/aromatic N) is 2. The summed E-state index contributed by atoms with van der Waals surface area (Å²) >= 11 is 3.75. The van der Waals surface area contributed by atoms with Crippen molar-refractivity contribution >= 4 is 23.9 Å². The highest BCUT2D eigenvalue weighted by Gasteiger charge is 2.31. The van der Waals surface area contributed by atoms with Crippen LogP contribution in [0.1, 0.15) is 5.56 Å². The van der Waals surface area contributed by atoms with Gasteiger partial charge in [0, 0.05) is 6.20 Å². The van der Waals surface area contributed by atoms with Gasteiger partial charge in [-0.25, -0.2) is 4.98 Å². The Kier molecular flexibility index (Phi) is 1.91. The summed E-state index contributed by atoms with van der Waals surface area (Å²) in [6, 6.07) is 0.842. The van der Waals surface area contributed by atoms with Crippen molar-refractivity contribution in [1.82, 2.24) is 9.97 Å². The minimum atomic E-state index is -4.43. The number of hydrogen-bond donors (Lipinski definition) is 1. The third-order valence-electron chi connectivity index (χ3n) is 1.56. The number of rotatable bonds is 0. The third kappa shape index (κ3) is 1.54. The maximum atomic E-state index is 12.2. The van der Waals surface area contributed by atoms with Crippen molar-refractivity contribution in [2.75, 3.05) is 0 Å². The first-order valence-corrected chi connectivity index (χ1v) is 3.94. The van der Waals surface area contributed by atoms with Crippen molar-refractivity contribution in [2.45, 2.75) is 11.4 Å². The van der Waals surface area contributed by atoms with E-state index in [0.717, 1.165) is 6.07 Å². The largest absolute Gasteiger partial charge is 0.430 e. The molecule has 0 saturated carbocycles.